The molecule has 7 heteroatoms. The molecule has 0 spiro atoms. The summed E-state index contributed by atoms with van der Waals surface area (Å²) < 4.78 is 16.0. The van der Waals surface area contributed by atoms with Crippen LogP contribution in [0, 0.1) is 13.8 Å². The number of hydrogen-bond donors (Lipinski definition) is 2. The number of carbonyl (C=O) groups is 2. The van der Waals surface area contributed by atoms with Gasteiger partial charge in [-0.1, -0.05) is 12.1 Å². The van der Waals surface area contributed by atoms with E-state index in [1.165, 1.54) is 7.11 Å². The van der Waals surface area contributed by atoms with Crippen LogP contribution in [0.15, 0.2) is 60.7 Å². The third-order valence-corrected chi connectivity index (χ3v) is 5.02. The number of carbonyl (C=O) groups excluding carboxylic acids is 2. The maximum Gasteiger partial charge on any atom is 0.262 e. The summed E-state index contributed by atoms with van der Waals surface area (Å²) in [5.41, 5.74) is 3.89. The van der Waals surface area contributed by atoms with Crippen molar-refractivity contribution in [3.05, 3.63) is 77.4 Å². The molecule has 166 valence electrons. The minimum atomic E-state index is -0.353. The van der Waals surface area contributed by atoms with Gasteiger partial charge >= 0.3 is 0 Å². The van der Waals surface area contributed by atoms with E-state index in [0.717, 1.165) is 16.8 Å². The molecule has 0 heterocycles. The third kappa shape index (κ3) is 5.57. The van der Waals surface area contributed by atoms with Gasteiger partial charge in [-0.3, -0.25) is 9.59 Å². The van der Waals surface area contributed by atoms with Crippen molar-refractivity contribution in [3.8, 4) is 17.2 Å². The fraction of sp³-hybridized carbons (Fsp3) is 0.200. The zero-order chi connectivity index (χ0) is 23.1. The number of aryl methyl sites for hydroxylation is 1. The Labute approximate surface area is 187 Å². The van der Waals surface area contributed by atoms with Crippen molar-refractivity contribution in [3.63, 3.8) is 0 Å². The summed E-state index contributed by atoms with van der Waals surface area (Å²) in [7, 11) is 3.06. The predicted molar refractivity (Wildman–Crippen MR) is 124 cm³/mol. The summed E-state index contributed by atoms with van der Waals surface area (Å²) in [4.78, 5) is 24.8. The summed E-state index contributed by atoms with van der Waals surface area (Å²) in [6.07, 6.45) is 0. The number of methoxy groups -OCH3 is 2. The lowest BCUT2D eigenvalue weighted by atomic mass is 10.1. The summed E-state index contributed by atoms with van der Waals surface area (Å²) in [5, 5.41) is 5.66. The molecule has 0 saturated carbocycles. The van der Waals surface area contributed by atoms with Gasteiger partial charge in [0.25, 0.3) is 11.8 Å². The molecule has 0 saturated heterocycles. The van der Waals surface area contributed by atoms with Gasteiger partial charge in [0.1, 0.15) is 17.2 Å². The minimum absolute atomic E-state index is 0.200. The average molecular weight is 434 g/mol. The highest BCUT2D eigenvalue weighted by molar-refractivity contribution is 6.04. The number of nitrogens with one attached hydrogen (secondary N) is 2. The SMILES string of the molecule is COc1ccc(OC)c(NC(=O)COc2ccc(C(=O)Nc3cccc(C)c3C)cc2)c1. The highest BCUT2D eigenvalue weighted by Crippen LogP contribution is 2.28. The molecular formula is C25H26N2O5. The zero-order valence-electron chi connectivity index (χ0n) is 18.5. The van der Waals surface area contributed by atoms with Crippen molar-refractivity contribution in [2.24, 2.45) is 0 Å². The van der Waals surface area contributed by atoms with E-state index in [4.69, 9.17) is 14.2 Å². The molecule has 3 aromatic carbocycles. The van der Waals surface area contributed by atoms with Crippen LogP contribution in [0.5, 0.6) is 17.2 Å². The predicted octanol–water partition coefficient (Wildman–Crippen LogP) is 4.59. The zero-order valence-corrected chi connectivity index (χ0v) is 18.5. The second kappa shape index (κ2) is 10.3. The van der Waals surface area contributed by atoms with E-state index in [-0.39, 0.29) is 18.4 Å². The van der Waals surface area contributed by atoms with E-state index in [1.807, 2.05) is 32.0 Å². The third-order valence-electron chi connectivity index (χ3n) is 5.02. The molecule has 2 amide bonds. The Balaban J connectivity index is 1.57. The first kappa shape index (κ1) is 22.7. The largest absolute Gasteiger partial charge is 0.497 e. The highest BCUT2D eigenvalue weighted by Gasteiger charge is 2.11. The van der Waals surface area contributed by atoms with Crippen LogP contribution in [0.1, 0.15) is 21.5 Å². The number of hydrogen-bond acceptors (Lipinski definition) is 5. The molecule has 7 nitrogen and oxygen atoms in total. The molecule has 0 radical (unpaired) electrons. The molecular weight excluding hydrogens is 408 g/mol. The number of amides is 2. The standard InChI is InChI=1S/C25H26N2O5/c1-16-6-5-7-21(17(16)2)27-25(29)18-8-10-19(11-9-18)32-15-24(28)26-22-14-20(30-3)12-13-23(22)31-4/h5-14H,15H2,1-4H3,(H,26,28)(H,27,29). The van der Waals surface area contributed by atoms with Gasteiger partial charge < -0.3 is 24.8 Å². The quantitative estimate of drug-likeness (QED) is 0.542. The lowest BCUT2D eigenvalue weighted by molar-refractivity contribution is -0.118. The van der Waals surface area contributed by atoms with E-state index < -0.39 is 0 Å². The van der Waals surface area contributed by atoms with Gasteiger partial charge in [0, 0.05) is 17.3 Å². The molecule has 2 N–H and O–H groups in total. The molecule has 0 aromatic heterocycles. The molecule has 0 fully saturated rings. The van der Waals surface area contributed by atoms with Crippen LogP contribution >= 0.6 is 0 Å². The molecule has 3 rings (SSSR count). The fourth-order valence-electron chi connectivity index (χ4n) is 3.03. The lowest BCUT2D eigenvalue weighted by Gasteiger charge is -2.13. The molecule has 0 atom stereocenters. The minimum Gasteiger partial charge on any atom is -0.497 e. The molecule has 0 aliphatic heterocycles. The van der Waals surface area contributed by atoms with Crippen molar-refractivity contribution in [2.75, 3.05) is 31.5 Å². The Hall–Kier alpha value is -4.00. The molecule has 0 unspecified atom stereocenters. The molecule has 32 heavy (non-hydrogen) atoms. The van der Waals surface area contributed by atoms with E-state index >= 15 is 0 Å². The maximum absolute atomic E-state index is 12.5. The van der Waals surface area contributed by atoms with Crippen molar-refractivity contribution in [2.45, 2.75) is 13.8 Å². The molecule has 3 aromatic rings. The van der Waals surface area contributed by atoms with Crippen molar-refractivity contribution < 1.29 is 23.8 Å². The van der Waals surface area contributed by atoms with Crippen LogP contribution in [-0.4, -0.2) is 32.6 Å². The fourth-order valence-corrected chi connectivity index (χ4v) is 3.03. The summed E-state index contributed by atoms with van der Waals surface area (Å²) in [6, 6.07) is 17.5. The Morgan fingerprint density at radius 3 is 2.22 bits per heavy atom. The van der Waals surface area contributed by atoms with E-state index in [1.54, 1.807) is 49.6 Å². The van der Waals surface area contributed by atoms with Crippen LogP contribution in [-0.2, 0) is 4.79 Å². The van der Waals surface area contributed by atoms with Crippen LogP contribution in [0.2, 0.25) is 0 Å². The topological polar surface area (TPSA) is 85.9 Å². The van der Waals surface area contributed by atoms with Crippen LogP contribution in [0.3, 0.4) is 0 Å². The van der Waals surface area contributed by atoms with Gasteiger partial charge in [-0.2, -0.15) is 0 Å². The van der Waals surface area contributed by atoms with Gasteiger partial charge in [0.15, 0.2) is 6.61 Å². The smallest absolute Gasteiger partial charge is 0.262 e. The normalized spacial score (nSPS) is 10.2. The summed E-state index contributed by atoms with van der Waals surface area (Å²) in [5.74, 6) is 1.01. The van der Waals surface area contributed by atoms with Crippen molar-refractivity contribution in [1.82, 2.24) is 0 Å². The second-order valence-corrected chi connectivity index (χ2v) is 7.13. The number of ether oxygens (including phenoxy) is 3. The first-order chi connectivity index (χ1) is 15.4. The Morgan fingerprint density at radius 1 is 0.812 bits per heavy atom. The summed E-state index contributed by atoms with van der Waals surface area (Å²) >= 11 is 0. The van der Waals surface area contributed by atoms with Gasteiger partial charge in [-0.05, 0) is 67.4 Å². The molecule has 0 bridgehead atoms. The Morgan fingerprint density at radius 2 is 1.53 bits per heavy atom. The van der Waals surface area contributed by atoms with E-state index in [9.17, 15) is 9.59 Å². The Kier molecular flexibility index (Phi) is 7.33. The number of anilines is 2. The van der Waals surface area contributed by atoms with Crippen molar-refractivity contribution >= 4 is 23.2 Å². The van der Waals surface area contributed by atoms with Gasteiger partial charge in [0.05, 0.1) is 19.9 Å². The van der Waals surface area contributed by atoms with E-state index in [2.05, 4.69) is 10.6 Å². The highest BCUT2D eigenvalue weighted by atomic mass is 16.5. The van der Waals surface area contributed by atoms with E-state index in [0.29, 0.717) is 28.5 Å². The van der Waals surface area contributed by atoms with Gasteiger partial charge in [0.2, 0.25) is 0 Å². The average Bonchev–Trinajstić information content (AvgIpc) is 2.81. The molecule has 0 aliphatic rings. The number of rotatable bonds is 8. The van der Waals surface area contributed by atoms with Gasteiger partial charge in [-0.25, -0.2) is 0 Å². The number of benzene rings is 3. The maximum atomic E-state index is 12.5. The lowest BCUT2D eigenvalue weighted by Crippen LogP contribution is -2.20. The van der Waals surface area contributed by atoms with Crippen LogP contribution < -0.4 is 24.8 Å². The van der Waals surface area contributed by atoms with Crippen LogP contribution in [0.4, 0.5) is 11.4 Å². The monoisotopic (exact) mass is 434 g/mol. The van der Waals surface area contributed by atoms with Gasteiger partial charge in [-0.15, -0.1) is 0 Å². The molecule has 0 aliphatic carbocycles. The summed E-state index contributed by atoms with van der Waals surface area (Å²) in [6.45, 7) is 3.76. The Bertz CT molecular complexity index is 1110. The second-order valence-electron chi connectivity index (χ2n) is 7.13. The van der Waals surface area contributed by atoms with Crippen molar-refractivity contribution in [1.29, 1.82) is 0 Å². The first-order valence-electron chi connectivity index (χ1n) is 10.0. The van der Waals surface area contributed by atoms with Crippen LogP contribution in [0.25, 0.3) is 0 Å². The first-order valence-corrected chi connectivity index (χ1v) is 10.0.